The van der Waals surface area contributed by atoms with Crippen LogP contribution in [-0.2, 0) is 51.2 Å². The Kier molecular flexibility index (Phi) is 10.2. The van der Waals surface area contributed by atoms with Crippen molar-refractivity contribution in [3.8, 4) is 35.2 Å². The maximum absolute atomic E-state index is 13.8. The largest absolute Gasteiger partial charge is 0.507 e. The van der Waals surface area contributed by atoms with Crippen molar-refractivity contribution in [1.29, 1.82) is 0 Å². The molecule has 62 heavy (non-hydrogen) atoms. The minimum atomic E-state index is -2.74. The number of primary amides is 2. The van der Waals surface area contributed by atoms with Crippen LogP contribution in [0.2, 0.25) is 0 Å². The average molecular weight is 845 g/mol. The van der Waals surface area contributed by atoms with E-state index in [1.54, 1.807) is 12.1 Å². The number of carbonyl (C=O) groups excluding carboxylic acids is 10. The fraction of sp³-hybridized carbons (Fsp3) is 0.435. The number of ketones is 8. The number of fused-ring (bicyclic) bond motifs is 6. The van der Waals surface area contributed by atoms with Crippen molar-refractivity contribution in [3.05, 3.63) is 57.6 Å². The second-order valence-electron chi connectivity index (χ2n) is 17.3. The topological polar surface area (TPSA) is 304 Å². The van der Waals surface area contributed by atoms with Crippen molar-refractivity contribution in [2.24, 2.45) is 58.8 Å². The van der Waals surface area contributed by atoms with E-state index in [0.717, 1.165) is 0 Å². The van der Waals surface area contributed by atoms with Crippen LogP contribution >= 0.6 is 0 Å². The molecular formula is C46H40N2O14. The number of hydrogen-bond acceptors (Lipinski definition) is 14. The number of Topliss-reactive ketones (excluding diaryl/α,β-unsaturated/α-hetero) is 8. The van der Waals surface area contributed by atoms with Gasteiger partial charge in [-0.1, -0.05) is 23.7 Å². The molecule has 0 heterocycles. The van der Waals surface area contributed by atoms with Gasteiger partial charge in [-0.2, -0.15) is 0 Å². The van der Waals surface area contributed by atoms with Gasteiger partial charge in [0.2, 0.25) is 11.8 Å². The number of aliphatic hydroxyl groups is 2. The first-order valence-corrected chi connectivity index (χ1v) is 20.4. The maximum atomic E-state index is 13.8. The highest BCUT2D eigenvalue weighted by Crippen LogP contribution is 2.52. The van der Waals surface area contributed by atoms with Gasteiger partial charge in [0.15, 0.2) is 69.3 Å². The fourth-order valence-electron chi connectivity index (χ4n) is 10.9. The monoisotopic (exact) mass is 844 g/mol. The quantitative estimate of drug-likeness (QED) is 0.131. The zero-order valence-corrected chi connectivity index (χ0v) is 33.0. The SMILES string of the molecule is NC(=O)C1C(=O)C[C@@H]2C[C@@H]3Cc4c(C#CCCCCC#Cc5ccc(O)c6c5C[C@H]5C[C@H]7CC(=O)C(C(N)=O)C(=O)[C@@]7(O)C(=O)C5C6=O)ccc(O)c4C(=O)C3C(=O)[C@]2(O)C1=O. The summed E-state index contributed by atoms with van der Waals surface area (Å²) in [6, 6.07) is 5.65. The van der Waals surface area contributed by atoms with Crippen LogP contribution in [0.4, 0.5) is 0 Å². The number of phenolic OH excluding ortho intramolecular Hbond substituents is 2. The summed E-state index contributed by atoms with van der Waals surface area (Å²) in [5, 5.41) is 44.2. The van der Waals surface area contributed by atoms with Crippen LogP contribution in [0.25, 0.3) is 0 Å². The summed E-state index contributed by atoms with van der Waals surface area (Å²) < 4.78 is 0. The smallest absolute Gasteiger partial charge is 0.235 e. The Labute approximate surface area is 352 Å². The number of phenols is 2. The first kappa shape index (κ1) is 42.1. The molecule has 2 aromatic carbocycles. The van der Waals surface area contributed by atoms with Gasteiger partial charge in [0.05, 0.1) is 23.0 Å². The molecule has 0 aromatic heterocycles. The normalized spacial score (nSPS) is 32.1. The van der Waals surface area contributed by atoms with Crippen LogP contribution in [0.1, 0.15) is 94.3 Å². The highest BCUT2D eigenvalue weighted by atomic mass is 16.3. The van der Waals surface area contributed by atoms with E-state index in [1.807, 2.05) is 0 Å². The molecule has 8 rings (SSSR count). The summed E-state index contributed by atoms with van der Waals surface area (Å²) in [7, 11) is 0. The number of rotatable bonds is 5. The summed E-state index contributed by atoms with van der Waals surface area (Å²) in [6.07, 6.45) is 1.28. The maximum Gasteiger partial charge on any atom is 0.235 e. The van der Waals surface area contributed by atoms with Gasteiger partial charge in [0, 0.05) is 48.6 Å². The predicted molar refractivity (Wildman–Crippen MR) is 209 cm³/mol. The van der Waals surface area contributed by atoms with Crippen LogP contribution in [0.5, 0.6) is 11.5 Å². The predicted octanol–water partition coefficient (Wildman–Crippen LogP) is -0.0692. The average Bonchev–Trinajstić information content (AvgIpc) is 3.19. The van der Waals surface area contributed by atoms with Crippen molar-refractivity contribution in [2.75, 3.05) is 0 Å². The Morgan fingerprint density at radius 1 is 0.581 bits per heavy atom. The Morgan fingerprint density at radius 2 is 0.952 bits per heavy atom. The highest BCUT2D eigenvalue weighted by molar-refractivity contribution is 6.32. The number of aromatic hydroxyl groups is 2. The van der Waals surface area contributed by atoms with Gasteiger partial charge in [-0.05, 0) is 85.8 Å². The van der Waals surface area contributed by atoms with E-state index in [0.29, 0.717) is 47.9 Å². The molecule has 6 aliphatic carbocycles. The molecule has 0 spiro atoms. The first-order chi connectivity index (χ1) is 29.3. The van der Waals surface area contributed by atoms with Gasteiger partial charge in [-0.15, -0.1) is 0 Å². The molecule has 0 bridgehead atoms. The molecule has 4 saturated carbocycles. The van der Waals surface area contributed by atoms with Gasteiger partial charge in [0.1, 0.15) is 11.5 Å². The van der Waals surface area contributed by atoms with E-state index in [1.165, 1.54) is 12.1 Å². The fourth-order valence-corrected chi connectivity index (χ4v) is 10.9. The van der Waals surface area contributed by atoms with Crippen molar-refractivity contribution < 1.29 is 68.4 Å². The van der Waals surface area contributed by atoms with Crippen LogP contribution in [0, 0.1) is 71.0 Å². The lowest BCUT2D eigenvalue weighted by Gasteiger charge is -2.48. The van der Waals surface area contributed by atoms with Crippen molar-refractivity contribution in [3.63, 3.8) is 0 Å². The van der Waals surface area contributed by atoms with Crippen molar-refractivity contribution in [1.82, 2.24) is 0 Å². The van der Waals surface area contributed by atoms with Gasteiger partial charge in [-0.3, -0.25) is 47.9 Å². The van der Waals surface area contributed by atoms with Gasteiger partial charge >= 0.3 is 0 Å². The van der Waals surface area contributed by atoms with E-state index < -0.39 is 141 Å². The summed E-state index contributed by atoms with van der Waals surface area (Å²) >= 11 is 0. The van der Waals surface area contributed by atoms with Gasteiger partial charge < -0.3 is 31.9 Å². The minimum Gasteiger partial charge on any atom is -0.507 e. The Balaban J connectivity index is 0.931. The standard InChI is InChI=1S/C46H40N2O14/c47-43(59)35-29(51)17-23-13-21-15-25-19(9-11-27(49)33(25)37(53)31(21)39(55)45(23,61)41(35)57)7-5-3-1-2-4-6-8-20-10-12-28(50)34-26(20)16-22-14-24-18-30(52)36(44(48)60)42(58)46(24,62)40(56)32(22)38(34)54/h9-12,21-24,31-32,35-36,49-50,61-62H,1-4,13-18H2,(H2,47,59)(H2,48,60)/t21-,22-,23+,24+,31?,32?,35?,36?,45+,46+/m1/s1. The molecule has 318 valence electrons. The second-order valence-corrected chi connectivity index (χ2v) is 17.3. The molecule has 0 aliphatic heterocycles. The van der Waals surface area contributed by atoms with E-state index >= 15 is 0 Å². The van der Waals surface area contributed by atoms with E-state index in [4.69, 9.17) is 11.5 Å². The number of amides is 2. The molecule has 8 N–H and O–H groups in total. The van der Waals surface area contributed by atoms with E-state index in [2.05, 4.69) is 23.7 Å². The van der Waals surface area contributed by atoms with Crippen LogP contribution < -0.4 is 11.5 Å². The summed E-state index contributed by atoms with van der Waals surface area (Å²) in [5.74, 6) is -9.81. The molecule has 0 saturated heterocycles. The van der Waals surface area contributed by atoms with Crippen LogP contribution in [0.3, 0.4) is 0 Å². The molecule has 16 nitrogen and oxygen atoms in total. The van der Waals surface area contributed by atoms with E-state index in [9.17, 15) is 68.4 Å². The van der Waals surface area contributed by atoms with Gasteiger partial charge in [0.25, 0.3) is 0 Å². The van der Waals surface area contributed by atoms with Crippen LogP contribution in [-0.4, -0.2) is 89.7 Å². The molecule has 0 radical (unpaired) electrons. The molecule has 16 heteroatoms. The molecule has 2 amide bonds. The third kappa shape index (κ3) is 6.15. The number of carbonyl (C=O) groups is 10. The number of benzene rings is 2. The lowest BCUT2D eigenvalue weighted by atomic mass is 9.53. The lowest BCUT2D eigenvalue weighted by molar-refractivity contribution is -0.177. The molecule has 2 aromatic rings. The van der Waals surface area contributed by atoms with Gasteiger partial charge in [-0.25, -0.2) is 0 Å². The first-order valence-electron chi connectivity index (χ1n) is 20.4. The Hall–Kier alpha value is -6.62. The highest BCUT2D eigenvalue weighted by Gasteiger charge is 2.67. The molecule has 4 fully saturated rings. The summed E-state index contributed by atoms with van der Waals surface area (Å²) in [5.41, 5.74) is 6.42. The summed E-state index contributed by atoms with van der Waals surface area (Å²) in [6.45, 7) is 0. The van der Waals surface area contributed by atoms with Crippen molar-refractivity contribution >= 4 is 58.1 Å². The third-order valence-corrected chi connectivity index (χ3v) is 13.9. The number of unbranched alkanes of at least 4 members (excludes halogenated alkanes) is 3. The number of nitrogens with two attached hydrogens (primary N) is 2. The minimum absolute atomic E-state index is 0.0379. The Morgan fingerprint density at radius 3 is 1.31 bits per heavy atom. The lowest BCUT2D eigenvalue weighted by Crippen LogP contribution is -2.68. The second kappa shape index (κ2) is 15.1. The van der Waals surface area contributed by atoms with Crippen LogP contribution in [0.15, 0.2) is 24.3 Å². The molecule has 6 aliphatic rings. The van der Waals surface area contributed by atoms with Crippen molar-refractivity contribution in [2.45, 2.75) is 75.4 Å². The molecule has 4 unspecified atom stereocenters. The molecular weight excluding hydrogens is 805 g/mol. The summed E-state index contributed by atoms with van der Waals surface area (Å²) in [4.78, 5) is 130. The zero-order chi connectivity index (χ0) is 44.7. The third-order valence-electron chi connectivity index (χ3n) is 13.9. The molecule has 10 atom stereocenters. The Bertz CT molecular complexity index is 2460. The zero-order valence-electron chi connectivity index (χ0n) is 33.0. The number of hydrogen-bond donors (Lipinski definition) is 6. The van der Waals surface area contributed by atoms with E-state index in [-0.39, 0.29) is 36.8 Å².